The minimum atomic E-state index is -3.81. The van der Waals surface area contributed by atoms with E-state index in [4.69, 9.17) is 9.29 Å². The lowest BCUT2D eigenvalue weighted by Gasteiger charge is -2.35. The topological polar surface area (TPSA) is 66.8 Å². The number of hydrogen-bond donors (Lipinski definition) is 1. The van der Waals surface area contributed by atoms with Gasteiger partial charge in [0.15, 0.2) is 0 Å². The number of morpholine rings is 1. The van der Waals surface area contributed by atoms with Crippen molar-refractivity contribution in [3.8, 4) is 0 Å². The molecule has 15 heavy (non-hydrogen) atoms. The Morgan fingerprint density at radius 1 is 1.33 bits per heavy atom. The molecule has 5 nitrogen and oxygen atoms in total. The first-order chi connectivity index (χ1) is 6.87. The molecule has 0 aliphatic carbocycles. The summed E-state index contributed by atoms with van der Waals surface area (Å²) in [5.41, 5.74) is 0. The first-order valence-corrected chi connectivity index (χ1v) is 6.81. The van der Waals surface area contributed by atoms with E-state index >= 15 is 0 Å². The van der Waals surface area contributed by atoms with Crippen LogP contribution >= 0.6 is 0 Å². The van der Waals surface area contributed by atoms with Crippen LogP contribution in [0.25, 0.3) is 0 Å². The van der Waals surface area contributed by atoms with Crippen LogP contribution in [0.1, 0.15) is 20.3 Å². The van der Waals surface area contributed by atoms with Crippen LogP contribution < -0.4 is 0 Å². The second-order valence-electron chi connectivity index (χ2n) is 4.16. The fraction of sp³-hybridized carbons (Fsp3) is 1.00. The van der Waals surface area contributed by atoms with E-state index in [0.29, 0.717) is 13.0 Å². The van der Waals surface area contributed by atoms with Crippen molar-refractivity contribution >= 4 is 10.1 Å². The Labute approximate surface area is 91.2 Å². The molecule has 90 valence electrons. The minimum absolute atomic E-state index is 0.160. The van der Waals surface area contributed by atoms with Gasteiger partial charge in [0.1, 0.15) is 0 Å². The normalized spacial score (nSPS) is 29.3. The number of rotatable bonds is 4. The lowest BCUT2D eigenvalue weighted by atomic mass is 10.2. The van der Waals surface area contributed by atoms with Crippen molar-refractivity contribution in [1.29, 1.82) is 0 Å². The van der Waals surface area contributed by atoms with E-state index in [-0.39, 0.29) is 18.0 Å². The van der Waals surface area contributed by atoms with Gasteiger partial charge in [-0.25, -0.2) is 0 Å². The van der Waals surface area contributed by atoms with Crippen LogP contribution in [0.4, 0.5) is 0 Å². The van der Waals surface area contributed by atoms with E-state index in [1.54, 1.807) is 0 Å². The van der Waals surface area contributed by atoms with Gasteiger partial charge in [-0.3, -0.25) is 9.45 Å². The Morgan fingerprint density at radius 2 is 1.87 bits per heavy atom. The van der Waals surface area contributed by atoms with E-state index in [2.05, 4.69) is 4.90 Å². The summed E-state index contributed by atoms with van der Waals surface area (Å²) in [5.74, 6) is -0.160. The number of ether oxygens (including phenoxy) is 1. The molecule has 0 bridgehead atoms. The van der Waals surface area contributed by atoms with Crippen molar-refractivity contribution in [2.75, 3.05) is 25.4 Å². The molecule has 0 radical (unpaired) electrons. The molecule has 1 aliphatic heterocycles. The zero-order valence-corrected chi connectivity index (χ0v) is 10.0. The summed E-state index contributed by atoms with van der Waals surface area (Å²) in [4.78, 5) is 2.17. The molecular formula is C9H19NO4S. The first kappa shape index (κ1) is 12.9. The van der Waals surface area contributed by atoms with Crippen molar-refractivity contribution < 1.29 is 17.7 Å². The number of nitrogens with zero attached hydrogens (tertiary/aromatic N) is 1. The molecule has 1 heterocycles. The van der Waals surface area contributed by atoms with Gasteiger partial charge in [-0.1, -0.05) is 0 Å². The van der Waals surface area contributed by atoms with E-state index in [9.17, 15) is 8.42 Å². The molecular weight excluding hydrogens is 218 g/mol. The summed E-state index contributed by atoms with van der Waals surface area (Å²) >= 11 is 0. The Balaban J connectivity index is 2.26. The maximum Gasteiger partial charge on any atom is 0.264 e. The van der Waals surface area contributed by atoms with E-state index in [0.717, 1.165) is 13.1 Å². The second kappa shape index (κ2) is 5.25. The third-order valence-electron chi connectivity index (χ3n) is 2.37. The Hall–Kier alpha value is -0.170. The largest absolute Gasteiger partial charge is 0.373 e. The van der Waals surface area contributed by atoms with Gasteiger partial charge in [0.25, 0.3) is 10.1 Å². The summed E-state index contributed by atoms with van der Waals surface area (Å²) in [6.45, 7) is 6.36. The molecule has 6 heteroatoms. The number of hydrogen-bond acceptors (Lipinski definition) is 4. The Kier molecular flexibility index (Phi) is 4.51. The third kappa shape index (κ3) is 5.46. The maximum atomic E-state index is 10.5. The molecule has 1 rings (SSSR count). The summed E-state index contributed by atoms with van der Waals surface area (Å²) < 4.78 is 35.2. The first-order valence-electron chi connectivity index (χ1n) is 5.20. The van der Waals surface area contributed by atoms with Crippen molar-refractivity contribution in [3.63, 3.8) is 0 Å². The van der Waals surface area contributed by atoms with Gasteiger partial charge in [0.05, 0.1) is 18.0 Å². The van der Waals surface area contributed by atoms with E-state index < -0.39 is 10.1 Å². The van der Waals surface area contributed by atoms with Gasteiger partial charge in [0, 0.05) is 13.1 Å². The predicted molar refractivity (Wildman–Crippen MR) is 57.5 cm³/mol. The van der Waals surface area contributed by atoms with Crippen LogP contribution in [-0.4, -0.2) is 55.5 Å². The molecule has 1 aliphatic rings. The van der Waals surface area contributed by atoms with Crippen LogP contribution in [0.2, 0.25) is 0 Å². The highest BCUT2D eigenvalue weighted by molar-refractivity contribution is 7.85. The Morgan fingerprint density at radius 3 is 2.33 bits per heavy atom. The van der Waals surface area contributed by atoms with Crippen molar-refractivity contribution in [2.45, 2.75) is 32.5 Å². The fourth-order valence-corrected chi connectivity index (χ4v) is 2.43. The SMILES string of the molecule is CC1CN(CCCS(=O)(=O)O)CC(C)O1. The molecule has 0 spiro atoms. The predicted octanol–water partition coefficient (Wildman–Crippen LogP) is 0.374. The van der Waals surface area contributed by atoms with Gasteiger partial charge < -0.3 is 4.74 Å². The molecule has 0 saturated carbocycles. The average Bonchev–Trinajstić information content (AvgIpc) is 1.99. The van der Waals surface area contributed by atoms with Crippen LogP contribution in [-0.2, 0) is 14.9 Å². The van der Waals surface area contributed by atoms with Gasteiger partial charge in [0.2, 0.25) is 0 Å². The van der Waals surface area contributed by atoms with Crippen molar-refractivity contribution in [3.05, 3.63) is 0 Å². The maximum absolute atomic E-state index is 10.5. The van der Waals surface area contributed by atoms with Gasteiger partial charge in [-0.2, -0.15) is 8.42 Å². The van der Waals surface area contributed by atoms with Gasteiger partial charge in [-0.15, -0.1) is 0 Å². The molecule has 1 N–H and O–H groups in total. The smallest absolute Gasteiger partial charge is 0.264 e. The summed E-state index contributed by atoms with van der Waals surface area (Å²) in [5, 5.41) is 0. The standard InChI is InChI=1S/C9H19NO4S/c1-8-6-10(7-9(2)14-8)4-3-5-15(11,12)13/h8-9H,3-7H2,1-2H3,(H,11,12,13). The molecule has 2 atom stereocenters. The lowest BCUT2D eigenvalue weighted by Crippen LogP contribution is -2.45. The molecule has 1 fully saturated rings. The highest BCUT2D eigenvalue weighted by atomic mass is 32.2. The van der Waals surface area contributed by atoms with Crippen LogP contribution in [0.3, 0.4) is 0 Å². The molecule has 1 saturated heterocycles. The third-order valence-corrected chi connectivity index (χ3v) is 3.18. The molecule has 0 aromatic carbocycles. The minimum Gasteiger partial charge on any atom is -0.373 e. The summed E-state index contributed by atoms with van der Waals surface area (Å²) in [6.07, 6.45) is 0.858. The molecule has 0 aromatic rings. The molecule has 0 amide bonds. The fourth-order valence-electron chi connectivity index (χ4n) is 1.94. The van der Waals surface area contributed by atoms with E-state index in [1.165, 1.54) is 0 Å². The zero-order valence-electron chi connectivity index (χ0n) is 9.22. The quantitative estimate of drug-likeness (QED) is 0.716. The lowest BCUT2D eigenvalue weighted by molar-refractivity contribution is -0.0677. The monoisotopic (exact) mass is 237 g/mol. The molecule has 2 unspecified atom stereocenters. The molecule has 0 aromatic heterocycles. The second-order valence-corrected chi connectivity index (χ2v) is 5.73. The zero-order chi connectivity index (χ0) is 11.5. The average molecular weight is 237 g/mol. The Bertz CT molecular complexity index is 280. The summed E-state index contributed by atoms with van der Waals surface area (Å²) in [6, 6.07) is 0. The van der Waals surface area contributed by atoms with Crippen LogP contribution in [0, 0.1) is 0 Å². The van der Waals surface area contributed by atoms with Crippen molar-refractivity contribution in [2.24, 2.45) is 0 Å². The van der Waals surface area contributed by atoms with Crippen molar-refractivity contribution in [1.82, 2.24) is 4.90 Å². The van der Waals surface area contributed by atoms with Crippen LogP contribution in [0.15, 0.2) is 0 Å². The van der Waals surface area contributed by atoms with Crippen LogP contribution in [0.5, 0.6) is 0 Å². The van der Waals surface area contributed by atoms with E-state index in [1.807, 2.05) is 13.8 Å². The van der Waals surface area contributed by atoms with Gasteiger partial charge in [-0.05, 0) is 26.8 Å². The highest BCUT2D eigenvalue weighted by Gasteiger charge is 2.21. The summed E-state index contributed by atoms with van der Waals surface area (Å²) in [7, 11) is -3.81. The van der Waals surface area contributed by atoms with Gasteiger partial charge >= 0.3 is 0 Å². The highest BCUT2D eigenvalue weighted by Crippen LogP contribution is 2.10.